The number of carbonyl (C=O) groups excluding carboxylic acids is 1. The molecule has 2 rings (SSSR count). The number of piperidine rings is 1. The number of guanidine groups is 1. The highest BCUT2D eigenvalue weighted by Crippen LogP contribution is 2.17. The Morgan fingerprint density at radius 1 is 1.33 bits per heavy atom. The highest BCUT2D eigenvalue weighted by molar-refractivity contribution is 14.0. The number of amides is 1. The maximum Gasteiger partial charge on any atom is 0.243 e. The monoisotopic (exact) mass is 488 g/mol. The van der Waals surface area contributed by atoms with E-state index in [1.165, 1.54) is 0 Å². The van der Waals surface area contributed by atoms with Crippen molar-refractivity contribution in [1.82, 2.24) is 20.5 Å². The molecule has 0 saturated carbocycles. The van der Waals surface area contributed by atoms with Crippen LogP contribution in [0.5, 0.6) is 0 Å². The Morgan fingerprint density at radius 3 is 2.67 bits per heavy atom. The van der Waals surface area contributed by atoms with Gasteiger partial charge in [0, 0.05) is 46.0 Å². The van der Waals surface area contributed by atoms with Crippen molar-refractivity contribution in [2.24, 2.45) is 4.99 Å². The molecule has 0 bridgehead atoms. The fraction of sp³-hybridized carbons (Fsp3) is 0.632. The summed E-state index contributed by atoms with van der Waals surface area (Å²) in [6, 6.07) is 6.38. The molecule has 27 heavy (non-hydrogen) atoms. The van der Waals surface area contributed by atoms with E-state index < -0.39 is 0 Å². The zero-order valence-corrected chi connectivity index (χ0v) is 19.0. The van der Waals surface area contributed by atoms with E-state index in [1.807, 2.05) is 18.3 Å². The molecule has 0 aliphatic carbocycles. The van der Waals surface area contributed by atoms with Gasteiger partial charge in [0.2, 0.25) is 5.91 Å². The summed E-state index contributed by atoms with van der Waals surface area (Å²) in [6.45, 7) is 5.13. The molecule has 8 heteroatoms. The minimum absolute atomic E-state index is 0. The number of unbranched alkanes of at least 4 members (excludes halogenated alkanes) is 1. The molecule has 1 amide bonds. The van der Waals surface area contributed by atoms with Gasteiger partial charge in [-0.1, -0.05) is 19.4 Å². The summed E-state index contributed by atoms with van der Waals surface area (Å²) in [5.74, 6) is 1.79. The van der Waals surface area contributed by atoms with Gasteiger partial charge in [0.1, 0.15) is 12.4 Å². The summed E-state index contributed by atoms with van der Waals surface area (Å²) in [7, 11) is 3.51. The Balaban J connectivity index is 0.00000364. The third-order valence-electron chi connectivity index (χ3n) is 4.50. The second kappa shape index (κ2) is 12.7. The first-order valence-corrected chi connectivity index (χ1v) is 9.51. The Kier molecular flexibility index (Phi) is 11.1. The summed E-state index contributed by atoms with van der Waals surface area (Å²) in [5, 5.41) is 6.85. The van der Waals surface area contributed by atoms with E-state index in [9.17, 15) is 4.79 Å². The molecule has 2 heterocycles. The quantitative estimate of drug-likeness (QED) is 0.266. The zero-order valence-electron chi connectivity index (χ0n) is 16.6. The first-order valence-electron chi connectivity index (χ1n) is 9.51. The molecule has 1 fully saturated rings. The lowest BCUT2D eigenvalue weighted by molar-refractivity contribution is -0.127. The van der Waals surface area contributed by atoms with Crippen LogP contribution in [0.4, 0.5) is 5.82 Å². The van der Waals surface area contributed by atoms with Crippen LogP contribution in [0.2, 0.25) is 0 Å². The molecule has 1 aromatic heterocycles. The van der Waals surface area contributed by atoms with E-state index in [0.717, 1.165) is 57.1 Å². The van der Waals surface area contributed by atoms with Gasteiger partial charge in [-0.3, -0.25) is 4.79 Å². The summed E-state index contributed by atoms with van der Waals surface area (Å²) in [6.07, 6.45) is 6.09. The van der Waals surface area contributed by atoms with E-state index in [2.05, 4.69) is 38.5 Å². The van der Waals surface area contributed by atoms with Gasteiger partial charge in [0.05, 0.1) is 0 Å². The number of nitrogens with one attached hydrogen (secondary N) is 2. The van der Waals surface area contributed by atoms with Crippen LogP contribution >= 0.6 is 24.0 Å². The number of halogens is 1. The van der Waals surface area contributed by atoms with Gasteiger partial charge >= 0.3 is 0 Å². The minimum Gasteiger partial charge on any atom is -0.356 e. The normalized spacial score (nSPS) is 15.1. The van der Waals surface area contributed by atoms with Crippen molar-refractivity contribution in [3.63, 3.8) is 0 Å². The molecule has 2 N–H and O–H groups in total. The molecule has 1 saturated heterocycles. The fourth-order valence-electron chi connectivity index (χ4n) is 2.81. The molecule has 0 unspecified atom stereocenters. The number of likely N-dealkylation sites (N-methyl/N-ethyl adjacent to an activating group) is 1. The average molecular weight is 488 g/mol. The average Bonchev–Trinajstić information content (AvgIpc) is 2.67. The van der Waals surface area contributed by atoms with Crippen LogP contribution in [0.3, 0.4) is 0 Å². The van der Waals surface area contributed by atoms with Gasteiger partial charge in [-0.15, -0.1) is 24.0 Å². The lowest BCUT2D eigenvalue weighted by Gasteiger charge is -2.33. The molecule has 0 atom stereocenters. The summed E-state index contributed by atoms with van der Waals surface area (Å²) < 4.78 is 0. The number of nitrogens with zero attached hydrogens (tertiary/aromatic N) is 4. The van der Waals surface area contributed by atoms with Crippen molar-refractivity contribution in [1.29, 1.82) is 0 Å². The second-order valence-corrected chi connectivity index (χ2v) is 6.83. The van der Waals surface area contributed by atoms with E-state index in [-0.39, 0.29) is 36.4 Å². The maximum atomic E-state index is 11.8. The van der Waals surface area contributed by atoms with Crippen LogP contribution in [0.25, 0.3) is 0 Å². The van der Waals surface area contributed by atoms with Crippen molar-refractivity contribution < 1.29 is 4.79 Å². The smallest absolute Gasteiger partial charge is 0.243 e. The van der Waals surface area contributed by atoms with Crippen LogP contribution < -0.4 is 15.5 Å². The largest absolute Gasteiger partial charge is 0.356 e. The van der Waals surface area contributed by atoms with Crippen molar-refractivity contribution in [2.45, 2.75) is 38.6 Å². The van der Waals surface area contributed by atoms with Crippen molar-refractivity contribution in [3.05, 3.63) is 24.4 Å². The van der Waals surface area contributed by atoms with E-state index in [0.29, 0.717) is 6.04 Å². The Hall–Kier alpha value is -1.58. The topological polar surface area (TPSA) is 72.9 Å². The summed E-state index contributed by atoms with van der Waals surface area (Å²) in [4.78, 5) is 24.6. The van der Waals surface area contributed by atoms with Crippen molar-refractivity contribution >= 4 is 41.7 Å². The molecule has 1 aromatic rings. The number of aromatic nitrogens is 1. The molecule has 7 nitrogen and oxygen atoms in total. The predicted octanol–water partition coefficient (Wildman–Crippen LogP) is 2.09. The minimum atomic E-state index is 0. The van der Waals surface area contributed by atoms with Gasteiger partial charge < -0.3 is 20.4 Å². The number of hydrogen-bond acceptors (Lipinski definition) is 4. The van der Waals surface area contributed by atoms with Crippen LogP contribution in [-0.4, -0.2) is 68.1 Å². The summed E-state index contributed by atoms with van der Waals surface area (Å²) >= 11 is 0. The van der Waals surface area contributed by atoms with Crippen LogP contribution in [0, 0.1) is 0 Å². The van der Waals surface area contributed by atoms with E-state index >= 15 is 0 Å². The number of rotatable bonds is 7. The number of carbonyl (C=O) groups is 1. The van der Waals surface area contributed by atoms with Gasteiger partial charge in [0.15, 0.2) is 5.96 Å². The molecule has 1 aliphatic heterocycles. The molecule has 0 spiro atoms. The molecular weight excluding hydrogens is 455 g/mol. The highest BCUT2D eigenvalue weighted by Gasteiger charge is 2.21. The summed E-state index contributed by atoms with van der Waals surface area (Å²) in [5.41, 5.74) is 0. The van der Waals surface area contributed by atoms with E-state index in [1.54, 1.807) is 19.0 Å². The van der Waals surface area contributed by atoms with E-state index in [4.69, 9.17) is 0 Å². The van der Waals surface area contributed by atoms with Crippen molar-refractivity contribution in [2.75, 3.05) is 45.2 Å². The Bertz CT molecular complexity index is 573. The predicted molar refractivity (Wildman–Crippen MR) is 122 cm³/mol. The molecule has 1 aliphatic rings. The molecule has 0 aromatic carbocycles. The Morgan fingerprint density at radius 2 is 2.07 bits per heavy atom. The number of anilines is 1. The van der Waals surface area contributed by atoms with Crippen molar-refractivity contribution in [3.8, 4) is 0 Å². The fourth-order valence-corrected chi connectivity index (χ4v) is 2.81. The first-order chi connectivity index (χ1) is 12.6. The maximum absolute atomic E-state index is 11.8. The lowest BCUT2D eigenvalue weighted by Crippen LogP contribution is -2.49. The number of pyridine rings is 1. The van der Waals surface area contributed by atoms with Crippen LogP contribution in [0.15, 0.2) is 29.4 Å². The van der Waals surface area contributed by atoms with Gasteiger partial charge in [0.25, 0.3) is 0 Å². The molecular formula is C19H33IN6O. The Labute approximate surface area is 180 Å². The number of aliphatic imine (C=N–C) groups is 1. The van der Waals surface area contributed by atoms with Crippen LogP contribution in [0.1, 0.15) is 32.6 Å². The highest BCUT2D eigenvalue weighted by atomic mass is 127. The first kappa shape index (κ1) is 23.5. The van der Waals surface area contributed by atoms with Gasteiger partial charge in [-0.2, -0.15) is 0 Å². The zero-order chi connectivity index (χ0) is 18.8. The number of hydrogen-bond donors (Lipinski definition) is 2. The SMILES string of the molecule is CCCCNC(=NCC(=O)N(C)C)NC1CCN(c2ccccn2)CC1.I. The third-order valence-corrected chi connectivity index (χ3v) is 4.50. The third kappa shape index (κ3) is 8.32. The lowest BCUT2D eigenvalue weighted by atomic mass is 10.1. The second-order valence-electron chi connectivity index (χ2n) is 6.83. The molecule has 152 valence electrons. The molecule has 0 radical (unpaired) electrons. The standard InChI is InChI=1S/C19H32N6O.HI/c1-4-5-11-21-19(22-15-18(26)24(2)3)23-16-9-13-25(14-10-16)17-8-6-7-12-20-17;/h6-8,12,16H,4-5,9-11,13-15H2,1-3H3,(H2,21,22,23);1H. The van der Waals surface area contributed by atoms with Gasteiger partial charge in [-0.05, 0) is 31.4 Å². The van der Waals surface area contributed by atoms with Crippen LogP contribution in [-0.2, 0) is 4.79 Å². The van der Waals surface area contributed by atoms with Gasteiger partial charge in [-0.25, -0.2) is 9.98 Å².